The Morgan fingerprint density at radius 3 is 2.07 bits per heavy atom. The number of aliphatic imine (C=N–C) groups is 1. The van der Waals surface area contributed by atoms with Gasteiger partial charge in [-0.25, -0.2) is 9.97 Å². The fourth-order valence-electron chi connectivity index (χ4n) is 6.00. The van der Waals surface area contributed by atoms with Gasteiger partial charge in [0.05, 0.1) is 30.4 Å². The van der Waals surface area contributed by atoms with Crippen LogP contribution < -0.4 is 53.7 Å². The van der Waals surface area contributed by atoms with Gasteiger partial charge >= 0.3 is 0 Å². The lowest BCUT2D eigenvalue weighted by Crippen LogP contribution is -2.35. The number of nitrogens with two attached hydrogens (primary N) is 4. The molecule has 12 N–H and O–H groups in total. The Morgan fingerprint density at radius 1 is 0.915 bits per heavy atom. The molecule has 2 aromatic carbocycles. The first-order valence-corrected chi connectivity index (χ1v) is 19.0. The van der Waals surface area contributed by atoms with Crippen molar-refractivity contribution in [3.8, 4) is 11.5 Å². The largest absolute Gasteiger partial charge is 0.494 e. The van der Waals surface area contributed by atoms with Crippen molar-refractivity contribution in [2.24, 2.45) is 22.2 Å². The highest BCUT2D eigenvalue weighted by Crippen LogP contribution is 2.33. The number of ether oxygens (including phenoxy) is 2. The number of aromatic nitrogens is 4. The summed E-state index contributed by atoms with van der Waals surface area (Å²) < 4.78 is 15.3. The van der Waals surface area contributed by atoms with E-state index in [1.165, 1.54) is 25.3 Å². The number of imidazole rings is 2. The normalized spacial score (nSPS) is 12.6. The lowest BCUT2D eigenvalue weighted by molar-refractivity contribution is -0.120. The van der Waals surface area contributed by atoms with Crippen molar-refractivity contribution in [2.75, 3.05) is 50.2 Å². The molecule has 2 aromatic heterocycles. The van der Waals surface area contributed by atoms with Crippen molar-refractivity contribution in [1.82, 2.24) is 29.7 Å². The lowest BCUT2D eigenvalue weighted by atomic mass is 10.1. The molecule has 4 aromatic rings. The summed E-state index contributed by atoms with van der Waals surface area (Å²) in [5, 5.41) is 11.4. The Balaban J connectivity index is 1.82. The third kappa shape index (κ3) is 11.8. The van der Waals surface area contributed by atoms with E-state index in [0.29, 0.717) is 58.7 Å². The van der Waals surface area contributed by atoms with E-state index in [0.717, 1.165) is 0 Å². The number of rotatable bonds is 20. The third-order valence-electron chi connectivity index (χ3n) is 8.47. The minimum absolute atomic E-state index is 0.128. The molecule has 0 saturated carbocycles. The summed E-state index contributed by atoms with van der Waals surface area (Å²) in [5.41, 5.74) is 26.3. The number of likely N-dealkylation sites (N-methyl/N-ethyl adjacent to an activating group) is 1. The zero-order valence-electron chi connectivity index (χ0n) is 34.6. The smallest absolute Gasteiger partial charge is 0.276 e. The van der Waals surface area contributed by atoms with E-state index in [1.54, 1.807) is 62.1 Å². The molecular weight excluding hydrogens is 759 g/mol. The summed E-state index contributed by atoms with van der Waals surface area (Å²) in [7, 11) is 3.06. The van der Waals surface area contributed by atoms with Gasteiger partial charge in [0.2, 0.25) is 23.7 Å². The third-order valence-corrected chi connectivity index (χ3v) is 8.47. The monoisotopic (exact) mass is 813 g/mol. The summed E-state index contributed by atoms with van der Waals surface area (Å²) in [4.78, 5) is 65.2. The molecule has 0 atom stereocenters. The first-order chi connectivity index (χ1) is 28.0. The molecule has 0 fully saturated rings. The highest BCUT2D eigenvalue weighted by Gasteiger charge is 2.23. The molecule has 0 bridgehead atoms. The summed E-state index contributed by atoms with van der Waals surface area (Å²) in [6, 6.07) is 6.34. The molecule has 19 nitrogen and oxygen atoms in total. The average molecular weight is 814 g/mol. The maximum absolute atomic E-state index is 13.7. The van der Waals surface area contributed by atoms with Crippen LogP contribution in [0.1, 0.15) is 57.8 Å². The van der Waals surface area contributed by atoms with Gasteiger partial charge in [-0.1, -0.05) is 12.2 Å². The molecule has 0 saturated heterocycles. The van der Waals surface area contributed by atoms with Crippen molar-refractivity contribution in [2.45, 2.75) is 66.1 Å². The van der Waals surface area contributed by atoms with E-state index in [1.807, 2.05) is 19.1 Å². The number of carbonyl (C=O) groups is 4. The van der Waals surface area contributed by atoms with E-state index in [-0.39, 0.29) is 66.6 Å². The van der Waals surface area contributed by atoms with E-state index < -0.39 is 23.3 Å². The predicted molar refractivity (Wildman–Crippen MR) is 230 cm³/mol. The van der Waals surface area contributed by atoms with E-state index in [2.05, 4.69) is 31.2 Å². The van der Waals surface area contributed by atoms with Crippen molar-refractivity contribution in [1.29, 1.82) is 0 Å². The van der Waals surface area contributed by atoms with Crippen LogP contribution in [0.25, 0.3) is 22.1 Å². The number of allylic oxidation sites excluding steroid dienone is 3. The van der Waals surface area contributed by atoms with Gasteiger partial charge in [-0.2, -0.15) is 0 Å². The highest BCUT2D eigenvalue weighted by atomic mass is 16.5. The van der Waals surface area contributed by atoms with Gasteiger partial charge in [0, 0.05) is 68.2 Å². The SMILES string of the molecule is CCN=C(/C=C(/C)N)C(=O)Nc1nc2cc(N)cc(OC)c2n1C/C=C/Cn1c(NC(=O)/C(=C/C(C)(C)N)NCC)nc2cc(C(N)=O)cc(OCCCC(=O)NC)c21. The minimum Gasteiger partial charge on any atom is -0.494 e. The first-order valence-electron chi connectivity index (χ1n) is 19.0. The number of amides is 4. The number of hydrogen-bond donors (Lipinski definition) is 8. The summed E-state index contributed by atoms with van der Waals surface area (Å²) in [5.74, 6) is -0.855. The maximum Gasteiger partial charge on any atom is 0.276 e. The van der Waals surface area contributed by atoms with Crippen molar-refractivity contribution < 1.29 is 28.7 Å². The van der Waals surface area contributed by atoms with E-state index in [4.69, 9.17) is 37.4 Å². The average Bonchev–Trinajstić information content (AvgIpc) is 3.69. The van der Waals surface area contributed by atoms with Gasteiger partial charge in [0.1, 0.15) is 28.2 Å². The fraction of sp³-hybridized carbons (Fsp3) is 0.375. The number of nitrogen functional groups attached to an aromatic ring is 1. The van der Waals surface area contributed by atoms with Gasteiger partial charge in [0.15, 0.2) is 0 Å². The standard InChI is InChI=1S/C40H55N13O6/c1-8-46-28(17-23(3)41)36(56)50-39-49-27-20-25(42)21-30(58-7)33(27)52(39)14-10-11-15-53-34-26(48-38(53)51-37(57)29(47-9-2)22-40(4,5)44)18-24(35(43)55)19-31(34)59-16-12-13-32(54)45-6/h10-11,17-22,47H,8-9,12-16,41-42,44H2,1-7H3,(H2,43,55)(H,45,54)(H,48,51,57)(H,49,50,56)/b11-10+,23-17-,29-22-,46-28?. The summed E-state index contributed by atoms with van der Waals surface area (Å²) in [6.07, 6.45) is 7.35. The Labute approximate surface area is 342 Å². The molecule has 316 valence electrons. The molecule has 4 rings (SSSR count). The van der Waals surface area contributed by atoms with Gasteiger partial charge in [-0.05, 0) is 71.4 Å². The molecule has 59 heavy (non-hydrogen) atoms. The number of benzene rings is 2. The number of anilines is 3. The Hall–Kier alpha value is -6.89. The van der Waals surface area contributed by atoms with Gasteiger partial charge in [-0.15, -0.1) is 0 Å². The van der Waals surface area contributed by atoms with Gasteiger partial charge in [0.25, 0.3) is 11.8 Å². The van der Waals surface area contributed by atoms with Crippen molar-refractivity contribution >= 4 is 69.0 Å². The molecular formula is C40H55N13O6. The second-order valence-corrected chi connectivity index (χ2v) is 14.1. The van der Waals surface area contributed by atoms with Crippen LogP contribution in [0.2, 0.25) is 0 Å². The molecule has 0 unspecified atom stereocenters. The number of fused-ring (bicyclic) bond motifs is 2. The highest BCUT2D eigenvalue weighted by molar-refractivity contribution is 6.47. The number of nitrogens with one attached hydrogen (secondary N) is 4. The van der Waals surface area contributed by atoms with Crippen LogP contribution in [0.4, 0.5) is 17.6 Å². The van der Waals surface area contributed by atoms with Crippen LogP contribution in [-0.2, 0) is 27.5 Å². The summed E-state index contributed by atoms with van der Waals surface area (Å²) in [6.45, 7) is 10.1. The molecule has 4 amide bonds. The fourth-order valence-corrected chi connectivity index (χ4v) is 6.00. The Bertz CT molecular complexity index is 2330. The molecule has 0 aliphatic carbocycles. The van der Waals surface area contributed by atoms with Crippen molar-refractivity contribution in [3.63, 3.8) is 0 Å². The molecule has 0 spiro atoms. The Kier molecular flexibility index (Phi) is 15.2. The number of methoxy groups -OCH3 is 1. The van der Waals surface area contributed by atoms with Crippen LogP contribution in [0.15, 0.2) is 65.0 Å². The molecule has 19 heteroatoms. The number of hydrogen-bond acceptors (Lipinski definition) is 13. The quantitative estimate of drug-likeness (QED) is 0.0210. The second kappa shape index (κ2) is 20.0. The van der Waals surface area contributed by atoms with Gasteiger partial charge < -0.3 is 52.2 Å². The Morgan fingerprint density at radius 2 is 1.53 bits per heavy atom. The van der Waals surface area contributed by atoms with Crippen LogP contribution >= 0.6 is 0 Å². The predicted octanol–water partition coefficient (Wildman–Crippen LogP) is 2.67. The molecule has 0 aliphatic heterocycles. The number of primary amides is 1. The van der Waals surface area contributed by atoms with E-state index >= 15 is 0 Å². The number of carbonyl (C=O) groups excluding carboxylic acids is 4. The molecule has 0 radical (unpaired) electrons. The van der Waals surface area contributed by atoms with Crippen LogP contribution in [0.5, 0.6) is 11.5 Å². The molecule has 2 heterocycles. The zero-order chi connectivity index (χ0) is 43.4. The zero-order valence-corrected chi connectivity index (χ0v) is 34.6. The van der Waals surface area contributed by atoms with E-state index in [9.17, 15) is 19.2 Å². The molecule has 0 aliphatic rings. The topological polar surface area (TPSA) is 287 Å². The van der Waals surface area contributed by atoms with Crippen LogP contribution in [0, 0.1) is 0 Å². The summed E-state index contributed by atoms with van der Waals surface area (Å²) >= 11 is 0. The van der Waals surface area contributed by atoms with Crippen LogP contribution in [-0.4, -0.2) is 87.8 Å². The van der Waals surface area contributed by atoms with Gasteiger partial charge in [-0.3, -0.25) is 34.8 Å². The minimum atomic E-state index is -0.821. The second-order valence-electron chi connectivity index (χ2n) is 14.1. The number of nitrogens with zero attached hydrogens (tertiary/aromatic N) is 5. The maximum atomic E-state index is 13.7. The van der Waals surface area contributed by atoms with Crippen LogP contribution in [0.3, 0.4) is 0 Å². The first kappa shape index (κ1) is 44.8. The van der Waals surface area contributed by atoms with Crippen molar-refractivity contribution in [3.05, 3.63) is 65.5 Å². The lowest BCUT2D eigenvalue weighted by Gasteiger charge is -2.17.